The predicted octanol–water partition coefficient (Wildman–Crippen LogP) is 1.93. The largest absolute Gasteiger partial charge is 0.325 e. The number of sulfonamides is 1. The van der Waals surface area contributed by atoms with E-state index in [4.69, 9.17) is 0 Å². The van der Waals surface area contributed by atoms with Crippen molar-refractivity contribution >= 4 is 33.3 Å². The van der Waals surface area contributed by atoms with Crippen molar-refractivity contribution in [1.29, 1.82) is 0 Å². The quantitative estimate of drug-likeness (QED) is 0.576. The second-order valence-electron chi connectivity index (χ2n) is 7.10. The Morgan fingerprint density at radius 1 is 0.935 bits per heavy atom. The van der Waals surface area contributed by atoms with Crippen LogP contribution in [0.1, 0.15) is 19.4 Å². The number of benzene rings is 1. The third-order valence-corrected chi connectivity index (χ3v) is 6.55. The molecule has 1 aromatic carbocycles. The Morgan fingerprint density at radius 2 is 1.52 bits per heavy atom. The first-order chi connectivity index (χ1) is 14.6. The van der Waals surface area contributed by atoms with E-state index < -0.39 is 10.0 Å². The lowest BCUT2D eigenvalue weighted by atomic mass is 10.3. The minimum Gasteiger partial charge on any atom is -0.325 e. The molecule has 0 aliphatic carbocycles. The van der Waals surface area contributed by atoms with Gasteiger partial charge in [0.05, 0.1) is 18.0 Å². The van der Waals surface area contributed by atoms with Crippen LogP contribution in [0.25, 0.3) is 0 Å². The number of hydrogen-bond donors (Lipinski definition) is 2. The topological polar surface area (TPSA) is 112 Å². The smallest absolute Gasteiger partial charge is 0.243 e. The zero-order valence-electron chi connectivity index (χ0n) is 18.3. The van der Waals surface area contributed by atoms with Crippen LogP contribution in [0.3, 0.4) is 0 Å². The van der Waals surface area contributed by atoms with E-state index >= 15 is 0 Å². The minimum atomic E-state index is -3.54. The Hall–Kier alpha value is -2.82. The standard InChI is InChI=1S/C21H29N5O4S/c1-5-26(6-2)31(29,30)18-10-8-17(9-11-18)23-20(27)14-25(4)15-21(28)24-19-12-7-16(3)13-22-19/h7-13H,5-6,14-15H2,1-4H3,(H,23,27)(H,22,24,28). The number of aromatic nitrogens is 1. The van der Waals surface area contributed by atoms with E-state index in [9.17, 15) is 18.0 Å². The Bertz CT molecular complexity index is 987. The lowest BCUT2D eigenvalue weighted by molar-refractivity contribution is -0.119. The summed E-state index contributed by atoms with van der Waals surface area (Å²) in [5.74, 6) is -0.145. The fraction of sp³-hybridized carbons (Fsp3) is 0.381. The van der Waals surface area contributed by atoms with Crippen LogP contribution in [0.5, 0.6) is 0 Å². The van der Waals surface area contributed by atoms with E-state index in [1.54, 1.807) is 50.2 Å². The molecule has 0 unspecified atom stereocenters. The summed E-state index contributed by atoms with van der Waals surface area (Å²) in [5.41, 5.74) is 1.47. The van der Waals surface area contributed by atoms with Crippen molar-refractivity contribution in [3.05, 3.63) is 48.2 Å². The van der Waals surface area contributed by atoms with Crippen LogP contribution < -0.4 is 10.6 Å². The van der Waals surface area contributed by atoms with Gasteiger partial charge in [-0.25, -0.2) is 13.4 Å². The minimum absolute atomic E-state index is 0.00571. The Labute approximate surface area is 183 Å². The fourth-order valence-corrected chi connectivity index (χ4v) is 4.35. The summed E-state index contributed by atoms with van der Waals surface area (Å²) in [7, 11) is -1.89. The summed E-state index contributed by atoms with van der Waals surface area (Å²) in [6.45, 7) is 6.25. The molecule has 0 saturated heterocycles. The van der Waals surface area contributed by atoms with Gasteiger partial charge in [0.25, 0.3) is 0 Å². The van der Waals surface area contributed by atoms with Gasteiger partial charge in [0.1, 0.15) is 5.82 Å². The molecule has 0 fully saturated rings. The summed E-state index contributed by atoms with van der Waals surface area (Å²) < 4.78 is 26.4. The van der Waals surface area contributed by atoms with Crippen molar-refractivity contribution in [3.8, 4) is 0 Å². The number of nitrogens with zero attached hydrogens (tertiary/aromatic N) is 3. The van der Waals surface area contributed by atoms with Crippen LogP contribution in [0.4, 0.5) is 11.5 Å². The molecule has 168 valence electrons. The summed E-state index contributed by atoms with van der Waals surface area (Å²) in [6, 6.07) is 9.58. The number of likely N-dealkylation sites (N-methyl/N-ethyl adjacent to an activating group) is 1. The predicted molar refractivity (Wildman–Crippen MR) is 120 cm³/mol. The lowest BCUT2D eigenvalue weighted by Crippen LogP contribution is -2.36. The summed E-state index contributed by atoms with van der Waals surface area (Å²) in [6.07, 6.45) is 1.66. The van der Waals surface area contributed by atoms with Crippen LogP contribution in [-0.4, -0.2) is 67.6 Å². The first-order valence-corrected chi connectivity index (χ1v) is 11.4. The van der Waals surface area contributed by atoms with Crippen LogP contribution in [0.2, 0.25) is 0 Å². The van der Waals surface area contributed by atoms with Gasteiger partial charge in [-0.2, -0.15) is 4.31 Å². The second kappa shape index (κ2) is 11.0. The molecule has 0 radical (unpaired) electrons. The molecule has 0 aliphatic rings. The van der Waals surface area contributed by atoms with Crippen molar-refractivity contribution in [1.82, 2.24) is 14.2 Å². The van der Waals surface area contributed by atoms with Crippen LogP contribution in [0.15, 0.2) is 47.5 Å². The van der Waals surface area contributed by atoms with Crippen molar-refractivity contribution in [2.75, 3.05) is 43.9 Å². The van der Waals surface area contributed by atoms with Gasteiger partial charge < -0.3 is 10.6 Å². The molecule has 9 nitrogen and oxygen atoms in total. The van der Waals surface area contributed by atoms with Gasteiger partial charge in [-0.3, -0.25) is 14.5 Å². The first-order valence-electron chi connectivity index (χ1n) is 9.96. The summed E-state index contributed by atoms with van der Waals surface area (Å²) in [4.78, 5) is 30.2. The number of carbonyl (C=O) groups is 2. The van der Waals surface area contributed by atoms with Gasteiger partial charge in [0.15, 0.2) is 0 Å². The van der Waals surface area contributed by atoms with Crippen LogP contribution in [0, 0.1) is 6.92 Å². The van der Waals surface area contributed by atoms with Crippen molar-refractivity contribution in [2.24, 2.45) is 0 Å². The number of hydrogen-bond acceptors (Lipinski definition) is 6. The summed E-state index contributed by atoms with van der Waals surface area (Å²) >= 11 is 0. The van der Waals surface area contributed by atoms with Gasteiger partial charge in [-0.15, -0.1) is 0 Å². The van der Waals surface area contributed by atoms with E-state index in [-0.39, 0.29) is 29.8 Å². The molecular weight excluding hydrogens is 418 g/mol. The molecule has 2 N–H and O–H groups in total. The molecule has 1 aromatic heterocycles. The highest BCUT2D eigenvalue weighted by molar-refractivity contribution is 7.89. The average Bonchev–Trinajstić information content (AvgIpc) is 2.70. The molecule has 1 heterocycles. The van der Waals surface area contributed by atoms with Crippen LogP contribution in [-0.2, 0) is 19.6 Å². The lowest BCUT2D eigenvalue weighted by Gasteiger charge is -2.19. The molecule has 0 spiro atoms. The highest BCUT2D eigenvalue weighted by Crippen LogP contribution is 2.18. The molecule has 31 heavy (non-hydrogen) atoms. The van der Waals surface area contributed by atoms with Gasteiger partial charge in [-0.05, 0) is 49.9 Å². The number of nitrogens with one attached hydrogen (secondary N) is 2. The SMILES string of the molecule is CCN(CC)S(=O)(=O)c1ccc(NC(=O)CN(C)CC(=O)Nc2ccc(C)cn2)cc1. The van der Waals surface area contributed by atoms with E-state index in [2.05, 4.69) is 15.6 Å². The van der Waals surface area contributed by atoms with E-state index in [0.29, 0.717) is 24.6 Å². The molecule has 2 amide bonds. The third-order valence-electron chi connectivity index (χ3n) is 4.49. The number of carbonyl (C=O) groups excluding carboxylic acids is 2. The van der Waals surface area contributed by atoms with Crippen molar-refractivity contribution < 1.29 is 18.0 Å². The molecule has 0 atom stereocenters. The Morgan fingerprint density at radius 3 is 2.03 bits per heavy atom. The molecule has 2 aromatic rings. The molecule has 0 bridgehead atoms. The normalized spacial score (nSPS) is 11.5. The molecular formula is C21H29N5O4S. The molecule has 2 rings (SSSR count). The number of anilines is 2. The number of aryl methyl sites for hydroxylation is 1. The molecule has 0 saturated carbocycles. The van der Waals surface area contributed by atoms with Gasteiger partial charge in [0, 0.05) is 25.0 Å². The van der Waals surface area contributed by atoms with E-state index in [1.165, 1.54) is 16.4 Å². The Balaban J connectivity index is 1.87. The highest BCUT2D eigenvalue weighted by atomic mass is 32.2. The number of amides is 2. The van der Waals surface area contributed by atoms with Gasteiger partial charge in [0.2, 0.25) is 21.8 Å². The number of pyridine rings is 1. The van der Waals surface area contributed by atoms with Gasteiger partial charge in [-0.1, -0.05) is 19.9 Å². The monoisotopic (exact) mass is 447 g/mol. The first kappa shape index (κ1) is 24.4. The van der Waals surface area contributed by atoms with E-state index in [1.807, 2.05) is 13.0 Å². The zero-order valence-corrected chi connectivity index (χ0v) is 19.1. The van der Waals surface area contributed by atoms with E-state index in [0.717, 1.165) is 5.56 Å². The second-order valence-corrected chi connectivity index (χ2v) is 9.04. The molecule has 10 heteroatoms. The maximum Gasteiger partial charge on any atom is 0.243 e. The summed E-state index contributed by atoms with van der Waals surface area (Å²) in [5, 5.41) is 5.38. The third kappa shape index (κ3) is 7.12. The Kier molecular flexibility index (Phi) is 8.66. The highest BCUT2D eigenvalue weighted by Gasteiger charge is 2.21. The number of rotatable bonds is 10. The fourth-order valence-electron chi connectivity index (χ4n) is 2.89. The van der Waals surface area contributed by atoms with Crippen molar-refractivity contribution in [2.45, 2.75) is 25.7 Å². The zero-order chi connectivity index (χ0) is 23.0. The van der Waals surface area contributed by atoms with Gasteiger partial charge >= 0.3 is 0 Å². The molecule has 0 aliphatic heterocycles. The maximum atomic E-state index is 12.5. The average molecular weight is 448 g/mol. The van der Waals surface area contributed by atoms with Crippen LogP contribution >= 0.6 is 0 Å². The maximum absolute atomic E-state index is 12.5. The van der Waals surface area contributed by atoms with Crippen molar-refractivity contribution in [3.63, 3.8) is 0 Å².